The number of carbonyl (C=O) groups is 7. The number of nitrogens with one attached hydrogen (secondary N) is 2. The molecule has 1 aliphatic heterocycles. The molecule has 0 radical (unpaired) electrons. The lowest BCUT2D eigenvalue weighted by Gasteiger charge is -2.35. The number of carbonyl (C=O) groups excluding carboxylic acids is 7. The average molecular weight is 842 g/mol. The van der Waals surface area contributed by atoms with Gasteiger partial charge in [0, 0.05) is 45.0 Å². The maximum absolute atomic E-state index is 14.2. The van der Waals surface area contributed by atoms with Gasteiger partial charge < -0.3 is 39.9 Å². The summed E-state index contributed by atoms with van der Waals surface area (Å²) in [5.74, 6) is -6.06. The van der Waals surface area contributed by atoms with Gasteiger partial charge >= 0.3 is 11.9 Å². The van der Waals surface area contributed by atoms with Crippen LogP contribution < -0.4 is 10.6 Å². The van der Waals surface area contributed by atoms with Gasteiger partial charge in [-0.2, -0.15) is 0 Å². The first-order valence-corrected chi connectivity index (χ1v) is 21.3. The lowest BCUT2D eigenvalue weighted by Crippen LogP contribution is -2.58. The van der Waals surface area contributed by atoms with Crippen molar-refractivity contribution in [3.63, 3.8) is 0 Å². The van der Waals surface area contributed by atoms with Crippen molar-refractivity contribution in [2.24, 2.45) is 23.7 Å². The van der Waals surface area contributed by atoms with Crippen LogP contribution in [-0.4, -0.2) is 131 Å². The lowest BCUT2D eigenvalue weighted by molar-refractivity contribution is -0.166. The first-order chi connectivity index (χ1) is 28.1. The Labute approximate surface area is 356 Å². The van der Waals surface area contributed by atoms with Gasteiger partial charge in [0.05, 0.1) is 12.6 Å². The van der Waals surface area contributed by atoms with Gasteiger partial charge in [-0.05, 0) is 51.0 Å². The van der Waals surface area contributed by atoms with E-state index in [1.165, 1.54) is 62.7 Å². The zero-order valence-corrected chi connectivity index (χ0v) is 38.0. The summed E-state index contributed by atoms with van der Waals surface area (Å²) in [7, 11) is 4.33. The minimum atomic E-state index is -1.26. The van der Waals surface area contributed by atoms with Crippen LogP contribution in [0.15, 0.2) is 42.0 Å². The Balaban J connectivity index is 2.66. The van der Waals surface area contributed by atoms with E-state index in [0.717, 1.165) is 5.56 Å². The normalized spacial score (nSPS) is 29.4. The minimum absolute atomic E-state index is 0.00688. The molecule has 0 spiro atoms. The highest BCUT2D eigenvalue weighted by molar-refractivity contribution is 5.96. The van der Waals surface area contributed by atoms with E-state index >= 15 is 0 Å². The molecule has 15 heteroatoms. The number of likely N-dealkylation sites (N-methyl/N-ethyl adjacent to an activating group) is 3. The van der Waals surface area contributed by atoms with Gasteiger partial charge in [0.2, 0.25) is 23.6 Å². The topological polar surface area (TPSA) is 192 Å². The van der Waals surface area contributed by atoms with Crippen molar-refractivity contribution in [2.75, 3.05) is 27.7 Å². The second-order valence-electron chi connectivity index (χ2n) is 16.7. The molecule has 0 fully saturated rings. The molecule has 1 heterocycles. The maximum Gasteiger partial charge on any atom is 0.334 e. The molecule has 0 unspecified atom stereocenters. The van der Waals surface area contributed by atoms with E-state index in [9.17, 15) is 38.7 Å². The Kier molecular flexibility index (Phi) is 20.4. The number of hydrogen-bond acceptors (Lipinski definition) is 10. The van der Waals surface area contributed by atoms with Gasteiger partial charge in [0.25, 0.3) is 5.91 Å². The molecule has 1 aromatic carbocycles. The monoisotopic (exact) mass is 842 g/mol. The van der Waals surface area contributed by atoms with Crippen molar-refractivity contribution in [3.8, 4) is 0 Å². The zero-order valence-electron chi connectivity index (χ0n) is 38.0. The van der Waals surface area contributed by atoms with E-state index in [4.69, 9.17) is 9.47 Å². The number of esters is 2. The number of aliphatic hydroxyl groups excluding tert-OH is 1. The lowest BCUT2D eigenvalue weighted by atomic mass is 9.86. The first-order valence-electron chi connectivity index (χ1n) is 21.3. The maximum atomic E-state index is 14.2. The summed E-state index contributed by atoms with van der Waals surface area (Å²) >= 11 is 0. The SMILES string of the molecule is CC[C@H](C)[C@H]1OC(=O)[C@@H](C)N(C)C(=O)[C@H]([C@@H](C)CC)NC(=O)CN(C)C(=O)[C@@H](Cc2ccccc2)N(C)C(=O)[C@H](C)NC(=O)[C@@H]([C@@H](C)CC)OC(=O)/C(C)=C/C[C@H](O)[C@@H]1C. The Bertz CT molecular complexity index is 1670. The molecular weight excluding hydrogens is 771 g/mol. The summed E-state index contributed by atoms with van der Waals surface area (Å²) in [6, 6.07) is 4.67. The number of nitrogens with zero attached hydrogens (tertiary/aromatic N) is 3. The Morgan fingerprint density at radius 3 is 1.92 bits per heavy atom. The summed E-state index contributed by atoms with van der Waals surface area (Å²) in [6.07, 6.45) is 0.128. The molecule has 3 N–H and O–H groups in total. The fourth-order valence-electron chi connectivity index (χ4n) is 6.93. The molecule has 0 saturated heterocycles. The summed E-state index contributed by atoms with van der Waals surface area (Å²) < 4.78 is 11.8. The quantitative estimate of drug-likeness (QED) is 0.326. The third-order valence-corrected chi connectivity index (χ3v) is 12.1. The molecule has 336 valence electrons. The molecule has 2 rings (SSSR count). The van der Waals surface area contributed by atoms with Gasteiger partial charge in [-0.25, -0.2) is 9.59 Å². The molecule has 0 saturated carbocycles. The molecule has 5 amide bonds. The molecule has 11 atom stereocenters. The highest BCUT2D eigenvalue weighted by Crippen LogP contribution is 2.26. The van der Waals surface area contributed by atoms with Crippen LogP contribution in [0.5, 0.6) is 0 Å². The smallest absolute Gasteiger partial charge is 0.334 e. The summed E-state index contributed by atoms with van der Waals surface area (Å²) in [5, 5.41) is 16.8. The van der Waals surface area contributed by atoms with Gasteiger partial charge in [0.15, 0.2) is 6.10 Å². The van der Waals surface area contributed by atoms with E-state index in [0.29, 0.717) is 19.3 Å². The minimum Gasteiger partial charge on any atom is -0.460 e. The average Bonchev–Trinajstić information content (AvgIpc) is 3.24. The summed E-state index contributed by atoms with van der Waals surface area (Å²) in [5.41, 5.74) is 0.889. The number of rotatable bonds is 8. The first kappa shape index (κ1) is 51.4. The number of benzene rings is 1. The van der Waals surface area contributed by atoms with E-state index in [1.54, 1.807) is 32.9 Å². The van der Waals surface area contributed by atoms with Gasteiger partial charge in [0.1, 0.15) is 30.3 Å². The Hall–Kier alpha value is -4.79. The van der Waals surface area contributed by atoms with E-state index in [-0.39, 0.29) is 30.3 Å². The molecular formula is C45H71N5O10. The predicted octanol–water partition coefficient (Wildman–Crippen LogP) is 3.66. The van der Waals surface area contributed by atoms with Crippen LogP contribution in [0.2, 0.25) is 0 Å². The molecule has 15 nitrogen and oxygen atoms in total. The number of amides is 5. The molecule has 1 aliphatic rings. The third kappa shape index (κ3) is 13.9. The van der Waals surface area contributed by atoms with Gasteiger partial charge in [-0.3, -0.25) is 24.0 Å². The second-order valence-corrected chi connectivity index (χ2v) is 16.7. The number of hydrogen-bond donors (Lipinski definition) is 3. The molecule has 0 aromatic heterocycles. The summed E-state index contributed by atoms with van der Waals surface area (Å²) in [4.78, 5) is 100. The molecule has 0 bridgehead atoms. The predicted molar refractivity (Wildman–Crippen MR) is 228 cm³/mol. The van der Waals surface area contributed by atoms with Crippen molar-refractivity contribution in [1.82, 2.24) is 25.3 Å². The van der Waals surface area contributed by atoms with Crippen LogP contribution in [-0.2, 0) is 49.5 Å². The van der Waals surface area contributed by atoms with E-state index in [2.05, 4.69) is 10.6 Å². The van der Waals surface area contributed by atoms with E-state index in [1.807, 2.05) is 45.9 Å². The molecule has 0 aliphatic carbocycles. The van der Waals surface area contributed by atoms with Crippen molar-refractivity contribution in [2.45, 2.75) is 144 Å². The fourth-order valence-corrected chi connectivity index (χ4v) is 6.93. The van der Waals surface area contributed by atoms with Crippen LogP contribution in [0.1, 0.15) is 100 Å². The fraction of sp³-hybridized carbons (Fsp3) is 0.667. The van der Waals surface area contributed by atoms with Crippen molar-refractivity contribution < 1.29 is 48.1 Å². The van der Waals surface area contributed by atoms with Crippen molar-refractivity contribution in [3.05, 3.63) is 47.5 Å². The van der Waals surface area contributed by atoms with Gasteiger partial charge in [-0.1, -0.05) is 97.7 Å². The van der Waals surface area contributed by atoms with Crippen LogP contribution in [0.3, 0.4) is 0 Å². The van der Waals surface area contributed by atoms with E-state index < -0.39 is 102 Å². The number of aliphatic hydroxyl groups is 1. The highest BCUT2D eigenvalue weighted by Gasteiger charge is 2.39. The standard InChI is InChI=1S/C45H71N5O10/c1-14-26(4)37-43(56)49(12)32(10)45(58)59-38(27(5)15-2)30(8)35(51)23-22-29(7)44(57)60-39(28(6)16-3)40(53)46-31(9)41(54)50(13)34(24-33-20-18-17-19-21-33)42(55)48(11)25-36(52)47-37/h17-22,26-28,30-32,34-35,37-39,51H,14-16,23-25H2,1-13H3,(H,46,53)(H,47,52)/b29-22+/t26-,27-,28-,30-,31-,32+,34+,35-,37-,38+,39+/m0/s1. The van der Waals surface area contributed by atoms with Crippen LogP contribution in [0.25, 0.3) is 0 Å². The van der Waals surface area contributed by atoms with Crippen molar-refractivity contribution in [1.29, 1.82) is 0 Å². The Morgan fingerprint density at radius 1 is 0.767 bits per heavy atom. The number of cyclic esters (lactones) is 2. The van der Waals surface area contributed by atoms with Gasteiger partial charge in [-0.15, -0.1) is 0 Å². The summed E-state index contributed by atoms with van der Waals surface area (Å²) in [6.45, 7) is 16.9. The second kappa shape index (κ2) is 23.9. The molecule has 60 heavy (non-hydrogen) atoms. The molecule has 1 aromatic rings. The Morgan fingerprint density at radius 2 is 1.35 bits per heavy atom. The number of ether oxygens (including phenoxy) is 2. The van der Waals surface area contributed by atoms with Crippen LogP contribution >= 0.6 is 0 Å². The third-order valence-electron chi connectivity index (χ3n) is 12.1. The van der Waals surface area contributed by atoms with Crippen LogP contribution in [0.4, 0.5) is 0 Å². The zero-order chi connectivity index (χ0) is 45.6. The van der Waals surface area contributed by atoms with Crippen molar-refractivity contribution >= 4 is 41.5 Å². The van der Waals surface area contributed by atoms with Crippen LogP contribution in [0, 0.1) is 23.7 Å². The largest absolute Gasteiger partial charge is 0.460 e. The highest BCUT2D eigenvalue weighted by atomic mass is 16.6.